The highest BCUT2D eigenvalue weighted by atomic mass is 16.5. The largest absolute Gasteiger partial charge is 0.490 e. The van der Waals surface area contributed by atoms with E-state index in [4.69, 9.17) is 9.47 Å². The van der Waals surface area contributed by atoms with Crippen molar-refractivity contribution in [2.45, 2.75) is 6.92 Å². The molecule has 0 unspecified atom stereocenters. The van der Waals surface area contributed by atoms with Crippen molar-refractivity contribution in [1.29, 1.82) is 0 Å². The Balaban J connectivity index is 1.73. The van der Waals surface area contributed by atoms with Crippen LogP contribution in [0.2, 0.25) is 0 Å². The Morgan fingerprint density at radius 2 is 1.67 bits per heavy atom. The molecular weight excluding hydrogens is 264 g/mol. The molecule has 1 heterocycles. The van der Waals surface area contributed by atoms with Crippen LogP contribution in [0.4, 0.5) is 0 Å². The van der Waals surface area contributed by atoms with E-state index in [1.54, 1.807) is 0 Å². The average molecular weight is 288 g/mol. The zero-order chi connectivity index (χ0) is 14.9. The number of piperazine rings is 1. The summed E-state index contributed by atoms with van der Waals surface area (Å²) in [6.45, 7) is 8.27. The lowest BCUT2D eigenvalue weighted by Gasteiger charge is -2.30. The molecule has 0 amide bonds. The molecule has 0 atom stereocenters. The van der Waals surface area contributed by atoms with Crippen molar-refractivity contribution in [3.8, 4) is 23.3 Å². The van der Waals surface area contributed by atoms with Crippen LogP contribution in [-0.2, 0) is 0 Å². The highest BCUT2D eigenvalue weighted by molar-refractivity contribution is 5.39. The summed E-state index contributed by atoms with van der Waals surface area (Å²) in [5.41, 5.74) is 0. The number of ether oxygens (including phenoxy) is 2. The van der Waals surface area contributed by atoms with E-state index in [1.807, 2.05) is 31.2 Å². The fraction of sp³-hybridized carbons (Fsp3) is 0.529. The van der Waals surface area contributed by atoms with E-state index in [-0.39, 0.29) is 0 Å². The molecule has 4 nitrogen and oxygen atoms in total. The van der Waals surface area contributed by atoms with Crippen LogP contribution < -0.4 is 9.47 Å². The maximum atomic E-state index is 5.67. The quantitative estimate of drug-likeness (QED) is 0.770. The van der Waals surface area contributed by atoms with E-state index in [2.05, 4.69) is 28.7 Å². The van der Waals surface area contributed by atoms with Crippen LogP contribution in [-0.4, -0.2) is 62.8 Å². The minimum absolute atomic E-state index is 0.401. The number of hydrogen-bond acceptors (Lipinski definition) is 4. The van der Waals surface area contributed by atoms with Crippen LogP contribution in [0.1, 0.15) is 6.92 Å². The Kier molecular flexibility index (Phi) is 6.39. The third-order valence-electron chi connectivity index (χ3n) is 3.47. The first-order valence-electron chi connectivity index (χ1n) is 7.51. The summed E-state index contributed by atoms with van der Waals surface area (Å²) in [5, 5.41) is 0. The summed E-state index contributed by atoms with van der Waals surface area (Å²) in [5.74, 6) is 7.80. The highest BCUT2D eigenvalue weighted by Crippen LogP contribution is 2.25. The summed E-state index contributed by atoms with van der Waals surface area (Å²) >= 11 is 0. The molecule has 114 valence electrons. The number of benzene rings is 1. The van der Waals surface area contributed by atoms with E-state index in [1.165, 1.54) is 0 Å². The third kappa shape index (κ3) is 5.30. The van der Waals surface area contributed by atoms with E-state index in [0.29, 0.717) is 13.2 Å². The number of para-hydroxylation sites is 2. The molecule has 1 aromatic rings. The van der Waals surface area contributed by atoms with Crippen molar-refractivity contribution in [2.75, 3.05) is 53.0 Å². The van der Waals surface area contributed by atoms with Gasteiger partial charge < -0.3 is 14.4 Å². The van der Waals surface area contributed by atoms with Crippen molar-refractivity contribution in [3.63, 3.8) is 0 Å². The second-order valence-electron chi connectivity index (χ2n) is 5.10. The molecule has 0 spiro atoms. The van der Waals surface area contributed by atoms with E-state index < -0.39 is 0 Å². The van der Waals surface area contributed by atoms with Crippen molar-refractivity contribution >= 4 is 0 Å². The van der Waals surface area contributed by atoms with Gasteiger partial charge in [-0.2, -0.15) is 0 Å². The molecule has 0 saturated carbocycles. The van der Waals surface area contributed by atoms with E-state index in [9.17, 15) is 0 Å². The third-order valence-corrected chi connectivity index (χ3v) is 3.47. The van der Waals surface area contributed by atoms with Gasteiger partial charge in [0.25, 0.3) is 0 Å². The number of nitrogens with zero attached hydrogens (tertiary/aromatic N) is 2. The molecule has 2 rings (SSSR count). The summed E-state index contributed by atoms with van der Waals surface area (Å²) < 4.78 is 11.2. The lowest BCUT2D eigenvalue weighted by atomic mass is 10.3. The molecule has 0 aromatic heterocycles. The van der Waals surface area contributed by atoms with Gasteiger partial charge in [-0.1, -0.05) is 24.0 Å². The van der Waals surface area contributed by atoms with Crippen LogP contribution in [0, 0.1) is 11.8 Å². The predicted molar refractivity (Wildman–Crippen MR) is 84.8 cm³/mol. The lowest BCUT2D eigenvalue weighted by molar-refractivity contribution is 0.168. The first-order chi connectivity index (χ1) is 10.3. The van der Waals surface area contributed by atoms with Gasteiger partial charge in [0.15, 0.2) is 11.5 Å². The second kappa shape index (κ2) is 8.56. The van der Waals surface area contributed by atoms with Crippen molar-refractivity contribution in [1.82, 2.24) is 9.80 Å². The summed E-state index contributed by atoms with van der Waals surface area (Å²) in [6, 6.07) is 7.70. The van der Waals surface area contributed by atoms with Gasteiger partial charge in [0.2, 0.25) is 0 Å². The standard InChI is InChI=1S/C17H24N2O2/c1-3-20-16-8-4-5-9-17(16)21-15-7-6-10-19-13-11-18(2)12-14-19/h4-5,8-9H,3,10-15H2,1-2H3. The summed E-state index contributed by atoms with van der Waals surface area (Å²) in [6.07, 6.45) is 0. The van der Waals surface area contributed by atoms with Crippen LogP contribution in [0.25, 0.3) is 0 Å². The average Bonchev–Trinajstić information content (AvgIpc) is 2.51. The SMILES string of the molecule is CCOc1ccccc1OCC#CCN1CCN(C)CC1. The van der Waals surface area contributed by atoms with Crippen LogP contribution in [0.5, 0.6) is 11.5 Å². The van der Waals surface area contributed by atoms with Crippen LogP contribution in [0.3, 0.4) is 0 Å². The smallest absolute Gasteiger partial charge is 0.162 e. The van der Waals surface area contributed by atoms with Gasteiger partial charge in [-0.3, -0.25) is 4.90 Å². The maximum absolute atomic E-state index is 5.67. The van der Waals surface area contributed by atoms with Crippen LogP contribution in [0.15, 0.2) is 24.3 Å². The van der Waals surface area contributed by atoms with Gasteiger partial charge in [0.05, 0.1) is 13.2 Å². The minimum atomic E-state index is 0.401. The Morgan fingerprint density at radius 3 is 2.33 bits per heavy atom. The molecule has 0 radical (unpaired) electrons. The maximum Gasteiger partial charge on any atom is 0.162 e. The zero-order valence-electron chi connectivity index (χ0n) is 13.0. The Hall–Kier alpha value is -1.70. The van der Waals surface area contributed by atoms with Crippen LogP contribution >= 0.6 is 0 Å². The van der Waals surface area contributed by atoms with Gasteiger partial charge in [-0.25, -0.2) is 0 Å². The molecule has 0 bridgehead atoms. The number of likely N-dealkylation sites (N-methyl/N-ethyl adjacent to an activating group) is 1. The fourth-order valence-electron chi connectivity index (χ4n) is 2.18. The topological polar surface area (TPSA) is 24.9 Å². The van der Waals surface area contributed by atoms with Crippen molar-refractivity contribution < 1.29 is 9.47 Å². The van der Waals surface area contributed by atoms with Gasteiger partial charge >= 0.3 is 0 Å². The molecule has 1 fully saturated rings. The molecule has 4 heteroatoms. The Bertz CT molecular complexity index is 485. The Morgan fingerprint density at radius 1 is 1.00 bits per heavy atom. The fourth-order valence-corrected chi connectivity index (χ4v) is 2.18. The monoisotopic (exact) mass is 288 g/mol. The summed E-state index contributed by atoms with van der Waals surface area (Å²) in [7, 11) is 2.16. The molecular formula is C17H24N2O2. The minimum Gasteiger partial charge on any atom is -0.490 e. The summed E-state index contributed by atoms with van der Waals surface area (Å²) in [4.78, 5) is 4.72. The predicted octanol–water partition coefficient (Wildman–Crippen LogP) is 1.71. The molecule has 1 aromatic carbocycles. The zero-order valence-corrected chi connectivity index (χ0v) is 13.0. The molecule has 21 heavy (non-hydrogen) atoms. The van der Waals surface area contributed by atoms with Crippen molar-refractivity contribution in [3.05, 3.63) is 24.3 Å². The molecule has 1 saturated heterocycles. The first-order valence-corrected chi connectivity index (χ1v) is 7.51. The van der Waals surface area contributed by atoms with Gasteiger partial charge in [-0.15, -0.1) is 0 Å². The second-order valence-corrected chi connectivity index (χ2v) is 5.10. The van der Waals surface area contributed by atoms with Gasteiger partial charge in [0.1, 0.15) is 6.61 Å². The lowest BCUT2D eigenvalue weighted by Crippen LogP contribution is -2.44. The van der Waals surface area contributed by atoms with Crippen molar-refractivity contribution in [2.24, 2.45) is 0 Å². The van der Waals surface area contributed by atoms with E-state index in [0.717, 1.165) is 44.2 Å². The molecule has 0 N–H and O–H groups in total. The molecule has 1 aliphatic rings. The molecule has 1 aliphatic heterocycles. The number of rotatable bonds is 5. The van der Waals surface area contributed by atoms with Gasteiger partial charge in [0, 0.05) is 26.2 Å². The first kappa shape index (κ1) is 15.7. The normalized spacial score (nSPS) is 16.1. The van der Waals surface area contributed by atoms with Gasteiger partial charge in [-0.05, 0) is 26.1 Å². The number of hydrogen-bond donors (Lipinski definition) is 0. The molecule has 0 aliphatic carbocycles. The Labute approximate surface area is 127 Å². The van der Waals surface area contributed by atoms with E-state index >= 15 is 0 Å². The highest BCUT2D eigenvalue weighted by Gasteiger charge is 2.11.